The number of benzene rings is 2. The minimum absolute atomic E-state index is 0.123. The highest BCUT2D eigenvalue weighted by Crippen LogP contribution is 2.39. The molecule has 6 N–H and O–H groups in total. The Morgan fingerprint density at radius 1 is 0.917 bits per heavy atom. The van der Waals surface area contributed by atoms with Gasteiger partial charge in [-0.05, 0) is 55.3 Å². The first-order chi connectivity index (χ1) is 17.3. The number of aromatic nitrogens is 4. The third-order valence-electron chi connectivity index (χ3n) is 5.43. The Kier molecular flexibility index (Phi) is 6.34. The van der Waals surface area contributed by atoms with Gasteiger partial charge in [0.1, 0.15) is 11.6 Å². The van der Waals surface area contributed by atoms with E-state index in [4.69, 9.17) is 0 Å². The first-order valence-corrected chi connectivity index (χ1v) is 11.2. The molecule has 9 nitrogen and oxygen atoms in total. The van der Waals surface area contributed by atoms with E-state index in [-0.39, 0.29) is 5.69 Å². The van der Waals surface area contributed by atoms with Crippen molar-refractivity contribution in [2.24, 2.45) is 0 Å². The van der Waals surface area contributed by atoms with Gasteiger partial charge in [0.25, 0.3) is 0 Å². The fourth-order valence-electron chi connectivity index (χ4n) is 3.57. The number of H-pyrrole nitrogens is 1. The van der Waals surface area contributed by atoms with Crippen LogP contribution >= 0.6 is 0 Å². The van der Waals surface area contributed by atoms with E-state index in [1.165, 1.54) is 12.1 Å². The lowest BCUT2D eigenvalue weighted by Gasteiger charge is -2.18. The van der Waals surface area contributed by atoms with Gasteiger partial charge in [-0.2, -0.15) is 23.3 Å². The zero-order chi connectivity index (χ0) is 25.1. The lowest BCUT2D eigenvalue weighted by molar-refractivity contribution is -0.137. The van der Waals surface area contributed by atoms with Crippen LogP contribution in [0.15, 0.2) is 66.9 Å². The van der Waals surface area contributed by atoms with Gasteiger partial charge in [-0.3, -0.25) is 5.10 Å². The average molecular weight is 496 g/mol. The van der Waals surface area contributed by atoms with Gasteiger partial charge in [0.15, 0.2) is 0 Å². The highest BCUT2D eigenvalue weighted by atomic mass is 19.4. The van der Waals surface area contributed by atoms with Gasteiger partial charge in [0.05, 0.1) is 11.3 Å². The van der Waals surface area contributed by atoms with Crippen LogP contribution in [0.5, 0.6) is 0 Å². The summed E-state index contributed by atoms with van der Waals surface area (Å²) in [6.07, 6.45) is -1.86. The van der Waals surface area contributed by atoms with E-state index in [9.17, 15) is 18.3 Å². The molecule has 1 unspecified atom stereocenters. The third kappa shape index (κ3) is 6.02. The second kappa shape index (κ2) is 9.74. The van der Waals surface area contributed by atoms with Crippen molar-refractivity contribution in [3.8, 4) is 0 Å². The van der Waals surface area contributed by atoms with Crippen molar-refractivity contribution < 1.29 is 18.3 Å². The van der Waals surface area contributed by atoms with Crippen LogP contribution in [0, 0.1) is 0 Å². The molecule has 2 aromatic heterocycles. The first kappa shape index (κ1) is 23.4. The van der Waals surface area contributed by atoms with Crippen molar-refractivity contribution in [3.05, 3.63) is 78.1 Å². The zero-order valence-electron chi connectivity index (χ0n) is 18.8. The van der Waals surface area contributed by atoms with Crippen molar-refractivity contribution in [2.45, 2.75) is 31.3 Å². The molecule has 0 bridgehead atoms. The zero-order valence-corrected chi connectivity index (χ0v) is 18.8. The minimum atomic E-state index is -4.47. The number of aliphatic hydroxyl groups excluding tert-OH is 1. The molecule has 4 aromatic rings. The minimum Gasteiger partial charge on any atom is -0.357 e. The number of aliphatic hydroxyl groups is 1. The summed E-state index contributed by atoms with van der Waals surface area (Å²) in [5.41, 5.74) is 1.52. The normalized spacial score (nSPS) is 14.2. The molecule has 1 atom stereocenters. The van der Waals surface area contributed by atoms with E-state index < -0.39 is 18.1 Å². The maximum absolute atomic E-state index is 12.9. The van der Waals surface area contributed by atoms with E-state index in [0.717, 1.165) is 36.5 Å². The molecule has 5 rings (SSSR count). The molecule has 2 aromatic carbocycles. The molecule has 0 spiro atoms. The summed E-state index contributed by atoms with van der Waals surface area (Å²) in [5.74, 6) is 2.21. The second-order valence-electron chi connectivity index (χ2n) is 8.35. The molecular weight excluding hydrogens is 473 g/mol. The summed E-state index contributed by atoms with van der Waals surface area (Å²) < 4.78 is 38.7. The van der Waals surface area contributed by atoms with Crippen LogP contribution < -0.4 is 21.3 Å². The number of aromatic amines is 1. The third-order valence-corrected chi connectivity index (χ3v) is 5.43. The van der Waals surface area contributed by atoms with E-state index >= 15 is 0 Å². The van der Waals surface area contributed by atoms with Gasteiger partial charge in [-0.15, -0.1) is 0 Å². The molecule has 186 valence electrons. The van der Waals surface area contributed by atoms with E-state index in [1.807, 2.05) is 6.07 Å². The van der Waals surface area contributed by atoms with Crippen molar-refractivity contribution in [1.82, 2.24) is 20.2 Å². The summed E-state index contributed by atoms with van der Waals surface area (Å²) in [4.78, 5) is 8.68. The van der Waals surface area contributed by atoms with Crippen LogP contribution in [0.4, 0.5) is 47.8 Å². The lowest BCUT2D eigenvalue weighted by atomic mass is 10.2. The Bertz CT molecular complexity index is 1340. The number of hydrogen-bond acceptors (Lipinski definition) is 8. The van der Waals surface area contributed by atoms with E-state index in [0.29, 0.717) is 29.1 Å². The molecule has 36 heavy (non-hydrogen) atoms. The number of nitrogens with zero attached hydrogens (tertiary/aromatic N) is 3. The van der Waals surface area contributed by atoms with Crippen molar-refractivity contribution in [1.29, 1.82) is 0 Å². The summed E-state index contributed by atoms with van der Waals surface area (Å²) in [6, 6.07) is 15.2. The predicted molar refractivity (Wildman–Crippen MR) is 130 cm³/mol. The van der Waals surface area contributed by atoms with E-state index in [2.05, 4.69) is 41.4 Å². The standard InChI is InChI=1S/C24H23F3N8O/c25-24(26,27)15-3-1-4-16(11-15)30-23(36)31-18-6-2-5-17(12-18)29-22-28-10-9-20(33-22)32-21-13-19(34-35-21)14-7-8-14/h1-6,9-14,23,30-31,36H,7-8H2,(H3,28,29,32,33,34,35). The number of anilines is 6. The van der Waals surface area contributed by atoms with Crippen LogP contribution in [0.1, 0.15) is 30.0 Å². The largest absolute Gasteiger partial charge is 0.416 e. The smallest absolute Gasteiger partial charge is 0.357 e. The molecule has 1 aliphatic rings. The molecule has 0 saturated heterocycles. The van der Waals surface area contributed by atoms with Gasteiger partial charge in [0.2, 0.25) is 12.3 Å². The molecule has 0 radical (unpaired) electrons. The summed E-state index contributed by atoms with van der Waals surface area (Å²) in [7, 11) is 0. The maximum atomic E-state index is 12.9. The predicted octanol–water partition coefficient (Wildman–Crippen LogP) is 5.38. The summed E-state index contributed by atoms with van der Waals surface area (Å²) in [6.45, 7) is 0. The van der Waals surface area contributed by atoms with Gasteiger partial charge in [0, 0.05) is 35.2 Å². The maximum Gasteiger partial charge on any atom is 0.416 e. The lowest BCUT2D eigenvalue weighted by Crippen LogP contribution is -2.28. The Labute approximate surface area is 204 Å². The monoisotopic (exact) mass is 496 g/mol. The Morgan fingerprint density at radius 2 is 1.64 bits per heavy atom. The van der Waals surface area contributed by atoms with Gasteiger partial charge in [-0.25, -0.2) is 4.98 Å². The number of rotatable bonds is 9. The van der Waals surface area contributed by atoms with Crippen LogP contribution in [0.25, 0.3) is 0 Å². The summed E-state index contributed by atoms with van der Waals surface area (Å²) >= 11 is 0. The fraction of sp³-hybridized carbons (Fsp3) is 0.208. The molecule has 0 aliphatic heterocycles. The van der Waals surface area contributed by atoms with Crippen molar-refractivity contribution in [2.75, 3.05) is 21.3 Å². The second-order valence-corrected chi connectivity index (χ2v) is 8.35. The van der Waals surface area contributed by atoms with Crippen molar-refractivity contribution in [3.63, 3.8) is 0 Å². The van der Waals surface area contributed by atoms with Gasteiger partial charge < -0.3 is 26.4 Å². The van der Waals surface area contributed by atoms with Crippen LogP contribution in [0.3, 0.4) is 0 Å². The molecule has 1 fully saturated rings. The Morgan fingerprint density at radius 3 is 2.39 bits per heavy atom. The highest BCUT2D eigenvalue weighted by molar-refractivity contribution is 5.63. The number of nitrogens with one attached hydrogen (secondary N) is 5. The van der Waals surface area contributed by atoms with Gasteiger partial charge >= 0.3 is 6.18 Å². The average Bonchev–Trinajstić information content (AvgIpc) is 3.58. The van der Waals surface area contributed by atoms with Crippen LogP contribution in [0.2, 0.25) is 0 Å². The molecule has 1 aliphatic carbocycles. The Balaban J connectivity index is 1.20. The molecule has 0 amide bonds. The number of hydrogen-bond donors (Lipinski definition) is 6. The number of halogens is 3. The SMILES string of the molecule is OC(Nc1cccc(Nc2nccc(Nc3cc(C4CC4)n[nH]3)n2)c1)Nc1cccc(C(F)(F)F)c1. The highest BCUT2D eigenvalue weighted by Gasteiger charge is 2.30. The van der Waals surface area contributed by atoms with Gasteiger partial charge in [-0.1, -0.05) is 12.1 Å². The van der Waals surface area contributed by atoms with Crippen LogP contribution in [-0.2, 0) is 6.18 Å². The fourth-order valence-corrected chi connectivity index (χ4v) is 3.57. The molecule has 12 heteroatoms. The topological polar surface area (TPSA) is 123 Å². The van der Waals surface area contributed by atoms with Crippen LogP contribution in [-0.4, -0.2) is 31.6 Å². The van der Waals surface area contributed by atoms with E-state index in [1.54, 1.807) is 36.5 Å². The first-order valence-electron chi connectivity index (χ1n) is 11.2. The molecular formula is C24H23F3N8O. The quantitative estimate of drug-likeness (QED) is 0.171. The van der Waals surface area contributed by atoms with Crippen molar-refractivity contribution >= 4 is 34.6 Å². The summed E-state index contributed by atoms with van der Waals surface area (Å²) in [5, 5.41) is 29.2. The molecule has 1 saturated carbocycles. The number of alkyl halides is 3. The Hall–Kier alpha value is -4.32. The molecule has 2 heterocycles.